The van der Waals surface area contributed by atoms with Gasteiger partial charge in [0.2, 0.25) is 0 Å². The number of carboxylic acids is 1. The van der Waals surface area contributed by atoms with Crippen molar-refractivity contribution in [2.45, 2.75) is 23.8 Å². The lowest BCUT2D eigenvalue weighted by molar-refractivity contribution is -0.137. The molecular weight excluding hydrogens is 302 g/mol. The molecule has 0 fully saturated rings. The van der Waals surface area contributed by atoms with Crippen molar-refractivity contribution in [3.05, 3.63) is 22.7 Å². The first-order chi connectivity index (χ1) is 8.08. The summed E-state index contributed by atoms with van der Waals surface area (Å²) in [6, 6.07) is 6.53. The number of carbonyl (C=O) groups is 1. The number of hydrogen-bond acceptors (Lipinski definition) is 3. The van der Waals surface area contributed by atoms with Crippen LogP contribution in [0.1, 0.15) is 12.8 Å². The Balaban J connectivity index is 2.12. The molecule has 0 saturated carbocycles. The minimum atomic E-state index is -0.718. The summed E-state index contributed by atoms with van der Waals surface area (Å²) in [6.07, 6.45) is 0.940. The number of aliphatic carboxylic acids is 1. The van der Waals surface area contributed by atoms with Gasteiger partial charge in [-0.25, -0.2) is 0 Å². The largest absolute Gasteiger partial charge is 0.481 e. The number of benzene rings is 1. The Morgan fingerprint density at radius 3 is 3.12 bits per heavy atom. The summed E-state index contributed by atoms with van der Waals surface area (Å²) in [6.45, 7) is 0. The summed E-state index contributed by atoms with van der Waals surface area (Å²) in [5.41, 5.74) is 1.19. The number of carboxylic acid groups (broad SMARTS) is 1. The number of nitrogens with zero attached hydrogens (tertiary/aromatic N) is 1. The van der Waals surface area contributed by atoms with Gasteiger partial charge >= 0.3 is 5.97 Å². The van der Waals surface area contributed by atoms with E-state index in [2.05, 4.69) is 33.0 Å². The van der Waals surface area contributed by atoms with Gasteiger partial charge in [-0.15, -0.1) is 11.8 Å². The highest BCUT2D eigenvalue weighted by Crippen LogP contribution is 2.39. The average molecular weight is 316 g/mol. The van der Waals surface area contributed by atoms with Crippen LogP contribution in [0.4, 0.5) is 5.69 Å². The Morgan fingerprint density at radius 1 is 1.65 bits per heavy atom. The van der Waals surface area contributed by atoms with E-state index >= 15 is 0 Å². The molecular formula is C12H14BrNO2S. The molecule has 0 saturated heterocycles. The molecule has 0 aromatic heterocycles. The van der Waals surface area contributed by atoms with Crippen molar-refractivity contribution >= 4 is 39.3 Å². The first-order valence-electron chi connectivity index (χ1n) is 5.45. The van der Waals surface area contributed by atoms with Gasteiger partial charge in [0.15, 0.2) is 0 Å². The lowest BCUT2D eigenvalue weighted by Gasteiger charge is -2.35. The summed E-state index contributed by atoms with van der Waals surface area (Å²) in [4.78, 5) is 14.1. The number of halogens is 1. The Kier molecular flexibility index (Phi) is 3.99. The Hall–Kier alpha value is -0.680. The van der Waals surface area contributed by atoms with Gasteiger partial charge in [-0.05, 0) is 24.6 Å². The molecule has 2 rings (SSSR count). The van der Waals surface area contributed by atoms with Crippen LogP contribution in [0.25, 0.3) is 0 Å². The quantitative estimate of drug-likeness (QED) is 0.929. The molecule has 0 spiro atoms. The first kappa shape index (κ1) is 12.8. The van der Waals surface area contributed by atoms with Crippen LogP contribution in [0.5, 0.6) is 0 Å². The van der Waals surface area contributed by atoms with Crippen LogP contribution in [0, 0.1) is 0 Å². The molecule has 1 atom stereocenters. The van der Waals surface area contributed by atoms with Gasteiger partial charge < -0.3 is 10.0 Å². The third kappa shape index (κ3) is 2.96. The molecule has 1 heterocycles. The van der Waals surface area contributed by atoms with E-state index in [1.54, 1.807) is 11.8 Å². The fraction of sp³-hybridized carbons (Fsp3) is 0.417. The molecule has 0 radical (unpaired) electrons. The molecule has 1 aromatic carbocycles. The molecule has 1 unspecified atom stereocenters. The zero-order valence-corrected chi connectivity index (χ0v) is 11.9. The van der Waals surface area contributed by atoms with Crippen LogP contribution in [0.15, 0.2) is 27.6 Å². The predicted octanol–water partition coefficient (Wildman–Crippen LogP) is 3.22. The summed E-state index contributed by atoms with van der Waals surface area (Å²) >= 11 is 5.27. The van der Waals surface area contributed by atoms with Gasteiger partial charge in [0.05, 0.1) is 5.69 Å². The van der Waals surface area contributed by atoms with E-state index < -0.39 is 5.97 Å². The highest BCUT2D eigenvalue weighted by molar-refractivity contribution is 9.10. The second-order valence-corrected chi connectivity index (χ2v) is 6.10. The second kappa shape index (κ2) is 5.31. The minimum absolute atomic E-state index is 0.238. The highest BCUT2D eigenvalue weighted by Gasteiger charge is 2.24. The number of rotatable bonds is 3. The third-order valence-electron chi connectivity index (χ3n) is 2.97. The van der Waals surface area contributed by atoms with Crippen LogP contribution in [0.2, 0.25) is 0 Å². The Labute approximate surface area is 113 Å². The number of fused-ring (bicyclic) bond motifs is 1. The van der Waals surface area contributed by atoms with E-state index in [1.165, 1.54) is 10.6 Å². The van der Waals surface area contributed by atoms with Gasteiger partial charge in [0.1, 0.15) is 0 Å². The maximum atomic E-state index is 10.6. The van der Waals surface area contributed by atoms with Crippen LogP contribution in [0.3, 0.4) is 0 Å². The topological polar surface area (TPSA) is 40.5 Å². The van der Waals surface area contributed by atoms with E-state index in [0.717, 1.165) is 10.2 Å². The van der Waals surface area contributed by atoms with Gasteiger partial charge in [0.25, 0.3) is 0 Å². The fourth-order valence-corrected chi connectivity index (χ4v) is 3.80. The van der Waals surface area contributed by atoms with Crippen molar-refractivity contribution in [2.75, 3.05) is 17.7 Å². The zero-order chi connectivity index (χ0) is 12.4. The van der Waals surface area contributed by atoms with Crippen molar-refractivity contribution in [2.24, 2.45) is 0 Å². The molecule has 92 valence electrons. The van der Waals surface area contributed by atoms with Crippen LogP contribution >= 0.6 is 27.7 Å². The molecule has 1 aliphatic rings. The number of anilines is 1. The van der Waals surface area contributed by atoms with Gasteiger partial charge in [-0.2, -0.15) is 0 Å². The molecule has 0 bridgehead atoms. The minimum Gasteiger partial charge on any atom is -0.481 e. The highest BCUT2D eigenvalue weighted by atomic mass is 79.9. The maximum Gasteiger partial charge on any atom is 0.303 e. The zero-order valence-electron chi connectivity index (χ0n) is 9.52. The third-order valence-corrected chi connectivity index (χ3v) is 4.65. The molecule has 1 aromatic rings. The van der Waals surface area contributed by atoms with E-state index in [1.807, 2.05) is 13.1 Å². The molecule has 0 amide bonds. The van der Waals surface area contributed by atoms with Crippen molar-refractivity contribution in [3.8, 4) is 0 Å². The van der Waals surface area contributed by atoms with E-state index in [4.69, 9.17) is 5.11 Å². The lowest BCUT2D eigenvalue weighted by atomic mass is 10.1. The lowest BCUT2D eigenvalue weighted by Crippen LogP contribution is -2.37. The molecule has 3 nitrogen and oxygen atoms in total. The van der Waals surface area contributed by atoms with E-state index in [-0.39, 0.29) is 6.42 Å². The smallest absolute Gasteiger partial charge is 0.303 e. The van der Waals surface area contributed by atoms with Crippen LogP contribution in [-0.2, 0) is 4.79 Å². The molecule has 17 heavy (non-hydrogen) atoms. The van der Waals surface area contributed by atoms with Gasteiger partial charge in [0, 0.05) is 34.6 Å². The van der Waals surface area contributed by atoms with E-state index in [0.29, 0.717) is 12.5 Å². The summed E-state index contributed by atoms with van der Waals surface area (Å²) in [5, 5.41) is 8.73. The normalized spacial score (nSPS) is 18.9. The van der Waals surface area contributed by atoms with Crippen LogP contribution in [-0.4, -0.2) is 29.9 Å². The molecule has 1 N–H and O–H groups in total. The first-order valence-corrected chi connectivity index (χ1v) is 7.23. The Bertz CT molecular complexity index is 439. The van der Waals surface area contributed by atoms with Crippen molar-refractivity contribution in [1.82, 2.24) is 0 Å². The van der Waals surface area contributed by atoms with E-state index in [9.17, 15) is 4.79 Å². The standard InChI is InChI=1S/C12H14BrNO2S/c1-14-9(3-5-12(15)16)7-17-11-6-8(13)2-4-10(11)14/h2,4,6,9H,3,5,7H2,1H3,(H,15,16). The number of thioether (sulfide) groups is 1. The fourth-order valence-electron chi connectivity index (χ4n) is 1.96. The second-order valence-electron chi connectivity index (χ2n) is 4.12. The summed E-state index contributed by atoms with van der Waals surface area (Å²) in [7, 11) is 2.04. The maximum absolute atomic E-state index is 10.6. The van der Waals surface area contributed by atoms with Crippen molar-refractivity contribution in [3.63, 3.8) is 0 Å². The molecule has 5 heteroatoms. The van der Waals surface area contributed by atoms with Crippen LogP contribution < -0.4 is 4.90 Å². The molecule has 1 aliphatic heterocycles. The predicted molar refractivity (Wildman–Crippen MR) is 73.9 cm³/mol. The number of hydrogen-bond donors (Lipinski definition) is 1. The van der Waals surface area contributed by atoms with Gasteiger partial charge in [-0.3, -0.25) is 4.79 Å². The Morgan fingerprint density at radius 2 is 2.41 bits per heavy atom. The van der Waals surface area contributed by atoms with Gasteiger partial charge in [-0.1, -0.05) is 15.9 Å². The summed E-state index contributed by atoms with van der Waals surface area (Å²) in [5.74, 6) is 0.234. The average Bonchev–Trinajstić information content (AvgIpc) is 2.27. The summed E-state index contributed by atoms with van der Waals surface area (Å²) < 4.78 is 1.08. The molecule has 0 aliphatic carbocycles. The van der Waals surface area contributed by atoms with Crippen molar-refractivity contribution in [1.29, 1.82) is 0 Å². The SMILES string of the molecule is CN1c2ccc(Br)cc2SCC1CCC(=O)O. The van der Waals surface area contributed by atoms with Crippen molar-refractivity contribution < 1.29 is 9.90 Å². The monoisotopic (exact) mass is 315 g/mol.